The summed E-state index contributed by atoms with van der Waals surface area (Å²) in [4.78, 5) is 25.0. The highest BCUT2D eigenvalue weighted by molar-refractivity contribution is 7.90. The summed E-state index contributed by atoms with van der Waals surface area (Å²) < 4.78 is 36.9. The number of imidazole rings is 1. The second-order valence-electron chi connectivity index (χ2n) is 8.97. The Morgan fingerprint density at radius 1 is 1.22 bits per heavy atom. The van der Waals surface area contributed by atoms with Gasteiger partial charge in [0.25, 0.3) is 10.0 Å². The minimum Gasteiger partial charge on any atom is -0.469 e. The third-order valence-electron chi connectivity index (χ3n) is 6.72. The lowest BCUT2D eigenvalue weighted by atomic mass is 9.93. The van der Waals surface area contributed by atoms with Crippen molar-refractivity contribution >= 4 is 39.1 Å². The van der Waals surface area contributed by atoms with Crippen molar-refractivity contribution in [3.05, 3.63) is 64.1 Å². The molecule has 188 valence electrons. The van der Waals surface area contributed by atoms with Crippen LogP contribution in [0.15, 0.2) is 61.7 Å². The molecule has 2 heterocycles. The largest absolute Gasteiger partial charge is 0.469 e. The third kappa shape index (κ3) is 4.23. The van der Waals surface area contributed by atoms with Crippen LogP contribution >= 0.6 is 0 Å². The van der Waals surface area contributed by atoms with Crippen LogP contribution in [0, 0.1) is 0 Å². The Morgan fingerprint density at radius 3 is 2.72 bits per heavy atom. The molecule has 1 aromatic heterocycles. The Morgan fingerprint density at radius 2 is 2.00 bits per heavy atom. The highest BCUT2D eigenvalue weighted by atomic mass is 32.2. The van der Waals surface area contributed by atoms with Gasteiger partial charge in [0.1, 0.15) is 4.90 Å². The molecule has 1 aliphatic carbocycles. The zero-order valence-corrected chi connectivity index (χ0v) is 20.9. The molecule has 3 aromatic rings. The first-order valence-corrected chi connectivity index (χ1v) is 13.3. The summed E-state index contributed by atoms with van der Waals surface area (Å²) in [6.07, 6.45) is 5.38. The van der Waals surface area contributed by atoms with E-state index in [1.807, 2.05) is 22.8 Å². The summed E-state index contributed by atoms with van der Waals surface area (Å²) in [5, 5.41) is 5.87. The minimum absolute atomic E-state index is 0.0760. The summed E-state index contributed by atoms with van der Waals surface area (Å²) >= 11 is 0. The van der Waals surface area contributed by atoms with E-state index in [1.54, 1.807) is 36.0 Å². The lowest BCUT2D eigenvalue weighted by Gasteiger charge is -2.26. The first-order chi connectivity index (χ1) is 17.3. The van der Waals surface area contributed by atoms with Gasteiger partial charge in [-0.1, -0.05) is 18.2 Å². The number of fused-ring (bicyclic) bond motifs is 2. The monoisotopic (exact) mass is 509 g/mol. The van der Waals surface area contributed by atoms with E-state index >= 15 is 0 Å². The lowest BCUT2D eigenvalue weighted by molar-refractivity contribution is -0.140. The van der Waals surface area contributed by atoms with Crippen molar-refractivity contribution in [3.8, 4) is 0 Å². The van der Waals surface area contributed by atoms with Gasteiger partial charge in [-0.3, -0.25) is 13.9 Å². The van der Waals surface area contributed by atoms with Gasteiger partial charge in [-0.15, -0.1) is 4.40 Å². The molecular formula is C25H27N5O5S. The van der Waals surface area contributed by atoms with E-state index in [4.69, 9.17) is 4.74 Å². The number of carbonyl (C=O) groups excluding carboxylic acids is 1. The predicted molar refractivity (Wildman–Crippen MR) is 136 cm³/mol. The van der Waals surface area contributed by atoms with E-state index in [-0.39, 0.29) is 34.9 Å². The van der Waals surface area contributed by atoms with Gasteiger partial charge < -0.3 is 4.74 Å². The van der Waals surface area contributed by atoms with E-state index in [0.29, 0.717) is 18.5 Å². The van der Waals surface area contributed by atoms with Crippen molar-refractivity contribution in [3.63, 3.8) is 0 Å². The van der Waals surface area contributed by atoms with Crippen molar-refractivity contribution in [1.82, 2.24) is 14.1 Å². The van der Waals surface area contributed by atoms with Gasteiger partial charge in [0.15, 0.2) is 5.84 Å². The summed E-state index contributed by atoms with van der Waals surface area (Å²) in [7, 11) is -0.736. The topological polar surface area (TPSA) is 115 Å². The fraction of sp³-hybridized carbons (Fsp3) is 0.360. The number of aromatic nitrogens is 2. The van der Waals surface area contributed by atoms with E-state index in [9.17, 15) is 18.0 Å². The van der Waals surface area contributed by atoms with Crippen LogP contribution in [-0.4, -0.2) is 54.7 Å². The van der Waals surface area contributed by atoms with Crippen LogP contribution in [-0.2, 0) is 26.1 Å². The number of esters is 1. The Labute approximate surface area is 208 Å². The number of nitrogens with zero attached hydrogens (tertiary/aromatic N) is 5. The van der Waals surface area contributed by atoms with E-state index < -0.39 is 10.0 Å². The average molecular weight is 510 g/mol. The van der Waals surface area contributed by atoms with Crippen LogP contribution < -0.4 is 5.69 Å². The molecule has 0 radical (unpaired) electrons. The molecule has 10 nitrogen and oxygen atoms in total. The molecule has 2 aromatic carbocycles. The number of amidine groups is 1. The van der Waals surface area contributed by atoms with E-state index in [2.05, 4.69) is 9.50 Å². The average Bonchev–Trinajstić information content (AvgIpc) is 3.27. The van der Waals surface area contributed by atoms with Gasteiger partial charge in [0.2, 0.25) is 0 Å². The fourth-order valence-corrected chi connectivity index (χ4v) is 5.84. The summed E-state index contributed by atoms with van der Waals surface area (Å²) in [6, 6.07) is 12.5. The molecule has 0 bridgehead atoms. The van der Waals surface area contributed by atoms with Gasteiger partial charge >= 0.3 is 11.7 Å². The Kier molecular flexibility index (Phi) is 6.25. The number of hydrogen-bond donors (Lipinski definition) is 0. The SMILES string of the molecule is COC(=O)CCCn1c(=O)n(C2CCC2)c2cc(/C=N/N(C)C3=NS(=O)(=O)c4ccccc43)ccc21. The van der Waals surface area contributed by atoms with Crippen LogP contribution in [0.4, 0.5) is 0 Å². The molecule has 5 rings (SSSR count). The molecule has 2 aliphatic rings. The molecule has 11 heteroatoms. The Hall–Kier alpha value is -3.73. The number of ether oxygens (including phenoxy) is 1. The van der Waals surface area contributed by atoms with Gasteiger partial charge in [-0.25, -0.2) is 9.80 Å². The van der Waals surface area contributed by atoms with Crippen molar-refractivity contribution in [2.75, 3.05) is 14.2 Å². The number of benzene rings is 2. The van der Waals surface area contributed by atoms with Crippen LogP contribution in [0.1, 0.15) is 49.3 Å². The number of aryl methyl sites for hydroxylation is 1. The molecule has 1 fully saturated rings. The molecule has 0 saturated heterocycles. The van der Waals surface area contributed by atoms with Crippen molar-refractivity contribution in [2.24, 2.45) is 9.50 Å². The first-order valence-electron chi connectivity index (χ1n) is 11.8. The van der Waals surface area contributed by atoms with Gasteiger partial charge in [-0.2, -0.15) is 13.5 Å². The number of rotatable bonds is 7. The maximum Gasteiger partial charge on any atom is 0.329 e. The minimum atomic E-state index is -3.74. The summed E-state index contributed by atoms with van der Waals surface area (Å²) in [5.74, 6) is -0.0400. The Balaban J connectivity index is 1.45. The van der Waals surface area contributed by atoms with Gasteiger partial charge in [-0.05, 0) is 55.5 Å². The number of sulfonamides is 1. The lowest BCUT2D eigenvalue weighted by Crippen LogP contribution is -2.30. The van der Waals surface area contributed by atoms with Crippen molar-refractivity contribution in [1.29, 1.82) is 0 Å². The predicted octanol–water partition coefficient (Wildman–Crippen LogP) is 2.90. The molecule has 0 amide bonds. The van der Waals surface area contributed by atoms with Crippen molar-refractivity contribution < 1.29 is 17.9 Å². The Bertz CT molecular complexity index is 1560. The van der Waals surface area contributed by atoms with Gasteiger partial charge in [0, 0.05) is 31.6 Å². The third-order valence-corrected chi connectivity index (χ3v) is 8.04. The maximum atomic E-state index is 13.3. The molecule has 0 N–H and O–H groups in total. The number of hydrogen-bond acceptors (Lipinski definition) is 7. The molecule has 0 unspecified atom stereocenters. The number of carbonyl (C=O) groups is 1. The second kappa shape index (κ2) is 9.38. The van der Waals surface area contributed by atoms with E-state index in [1.165, 1.54) is 18.2 Å². The quantitative estimate of drug-likeness (QED) is 0.275. The van der Waals surface area contributed by atoms with Crippen LogP contribution in [0.25, 0.3) is 11.0 Å². The molecular weight excluding hydrogens is 482 g/mol. The summed E-state index contributed by atoms with van der Waals surface area (Å²) in [6.45, 7) is 0.425. The smallest absolute Gasteiger partial charge is 0.329 e. The zero-order chi connectivity index (χ0) is 25.4. The highest BCUT2D eigenvalue weighted by Gasteiger charge is 2.30. The maximum absolute atomic E-state index is 13.3. The zero-order valence-electron chi connectivity index (χ0n) is 20.1. The fourth-order valence-electron chi connectivity index (χ4n) is 4.61. The van der Waals surface area contributed by atoms with E-state index in [0.717, 1.165) is 35.9 Å². The standard InChI is InChI=1S/C25H27N5O5S/c1-28(24-19-9-3-4-10-22(19)36(33,34)27-24)26-16-17-12-13-20-21(15-17)30(18-7-5-8-18)25(32)29(20)14-6-11-23(31)35-2/h3-4,9-10,12-13,15-16,18H,5-8,11,14H2,1-2H3/b26-16+. The molecule has 0 spiro atoms. The van der Waals surface area contributed by atoms with Crippen LogP contribution in [0.5, 0.6) is 0 Å². The first kappa shape index (κ1) is 24.0. The highest BCUT2D eigenvalue weighted by Crippen LogP contribution is 2.33. The van der Waals surface area contributed by atoms with Crippen LogP contribution in [0.2, 0.25) is 0 Å². The molecule has 36 heavy (non-hydrogen) atoms. The molecule has 1 saturated carbocycles. The van der Waals surface area contributed by atoms with Crippen LogP contribution in [0.3, 0.4) is 0 Å². The van der Waals surface area contributed by atoms with Gasteiger partial charge in [0.05, 0.1) is 24.4 Å². The number of methoxy groups -OCH3 is 1. The second-order valence-corrected chi connectivity index (χ2v) is 10.5. The number of hydrazone groups is 1. The molecule has 0 atom stereocenters. The summed E-state index contributed by atoms with van der Waals surface area (Å²) in [5.41, 5.74) is 2.83. The normalized spacial score (nSPS) is 16.7. The molecule has 1 aliphatic heterocycles. The van der Waals surface area contributed by atoms with Crippen molar-refractivity contribution in [2.45, 2.75) is 49.6 Å².